The predicted molar refractivity (Wildman–Crippen MR) is 126 cm³/mol. The molecule has 0 bridgehead atoms. The van der Waals surface area contributed by atoms with Crippen LogP contribution < -0.4 is 9.46 Å². The van der Waals surface area contributed by atoms with Gasteiger partial charge in [0.15, 0.2) is 0 Å². The van der Waals surface area contributed by atoms with Crippen molar-refractivity contribution < 1.29 is 8.95 Å². The number of hydrogen-bond acceptors (Lipinski definition) is 2. The van der Waals surface area contributed by atoms with Gasteiger partial charge in [-0.2, -0.15) is 0 Å². The van der Waals surface area contributed by atoms with Gasteiger partial charge in [-0.05, 0) is 53.6 Å². The minimum Gasteiger partial charge on any atom is -0.489 e. The van der Waals surface area contributed by atoms with E-state index in [1.807, 2.05) is 68.4 Å². The average molecular weight is 448 g/mol. The summed E-state index contributed by atoms with van der Waals surface area (Å²) in [5, 5.41) is 2.89. The van der Waals surface area contributed by atoms with Gasteiger partial charge in [0.2, 0.25) is 0 Å². The first-order chi connectivity index (χ1) is 14.1. The molecular weight excluding hydrogens is 425 g/mol. The Hall–Kier alpha value is -2.27. The predicted octanol–water partition coefficient (Wildman–Crippen LogP) is 7.35. The Balaban J connectivity index is 0.00000145. The van der Waals surface area contributed by atoms with Crippen molar-refractivity contribution in [2.24, 2.45) is 0 Å². The van der Waals surface area contributed by atoms with Crippen molar-refractivity contribution >= 4 is 46.0 Å². The van der Waals surface area contributed by atoms with Gasteiger partial charge in [-0.3, -0.25) is 0 Å². The zero-order valence-electron chi connectivity index (χ0n) is 16.3. The molecule has 0 aliphatic heterocycles. The van der Waals surface area contributed by atoms with Crippen LogP contribution in [0.2, 0.25) is 10.0 Å². The van der Waals surface area contributed by atoms with Gasteiger partial charge in [0.1, 0.15) is 23.3 Å². The Labute approximate surface area is 184 Å². The summed E-state index contributed by atoms with van der Waals surface area (Å²) in [5.41, 5.74) is 2.57. The molecule has 0 heterocycles. The zero-order valence-corrected chi connectivity index (χ0v) is 18.6. The second-order valence-electron chi connectivity index (χ2n) is 5.70. The van der Waals surface area contributed by atoms with Gasteiger partial charge in [0, 0.05) is 21.5 Å². The van der Waals surface area contributed by atoms with E-state index in [0.29, 0.717) is 28.1 Å². The SMILES string of the molecule is CC.O=S(/C=C/c1cccc(Cl)c1)Nc1cccc(OCc2cccc(Cl)c2)c1. The number of ether oxygens (including phenoxy) is 1. The summed E-state index contributed by atoms with van der Waals surface area (Å²) in [6.45, 7) is 4.40. The molecule has 1 unspecified atom stereocenters. The highest BCUT2D eigenvalue weighted by molar-refractivity contribution is 7.89. The highest BCUT2D eigenvalue weighted by Crippen LogP contribution is 2.20. The van der Waals surface area contributed by atoms with Crippen LogP contribution in [-0.4, -0.2) is 4.21 Å². The van der Waals surface area contributed by atoms with Crippen LogP contribution in [0.3, 0.4) is 0 Å². The number of rotatable bonds is 7. The smallest absolute Gasteiger partial charge is 0.142 e. The van der Waals surface area contributed by atoms with Gasteiger partial charge in [0.05, 0.1) is 5.69 Å². The lowest BCUT2D eigenvalue weighted by atomic mass is 10.2. The molecule has 0 radical (unpaired) electrons. The molecule has 0 spiro atoms. The van der Waals surface area contributed by atoms with Crippen molar-refractivity contribution in [3.05, 3.63) is 99.4 Å². The quantitative estimate of drug-likeness (QED) is 0.411. The Morgan fingerprint density at radius 1 is 0.931 bits per heavy atom. The molecule has 0 saturated carbocycles. The third-order valence-electron chi connectivity index (χ3n) is 3.58. The summed E-state index contributed by atoms with van der Waals surface area (Å²) in [6.07, 6.45) is 1.76. The van der Waals surface area contributed by atoms with E-state index in [0.717, 1.165) is 11.1 Å². The number of halogens is 2. The van der Waals surface area contributed by atoms with E-state index in [1.165, 1.54) is 0 Å². The first-order valence-corrected chi connectivity index (χ1v) is 11.1. The van der Waals surface area contributed by atoms with Gasteiger partial charge in [-0.15, -0.1) is 0 Å². The molecule has 6 heteroatoms. The summed E-state index contributed by atoms with van der Waals surface area (Å²) in [7, 11) is -1.38. The van der Waals surface area contributed by atoms with E-state index in [2.05, 4.69) is 4.72 Å². The lowest BCUT2D eigenvalue weighted by Gasteiger charge is -2.09. The Bertz CT molecular complexity index is 976. The third kappa shape index (κ3) is 8.32. The molecule has 0 aliphatic carbocycles. The lowest BCUT2D eigenvalue weighted by Crippen LogP contribution is -2.01. The van der Waals surface area contributed by atoms with E-state index < -0.39 is 11.0 Å². The molecular formula is C23H23Cl2NO2S. The van der Waals surface area contributed by atoms with Crippen molar-refractivity contribution in [3.63, 3.8) is 0 Å². The van der Waals surface area contributed by atoms with E-state index in [-0.39, 0.29) is 0 Å². The topological polar surface area (TPSA) is 38.3 Å². The standard InChI is InChI=1S/C21H17Cl2NO2S.C2H6/c22-18-6-1-4-16(12-18)10-11-27(25)24-20-8-3-9-21(14-20)26-15-17-5-2-7-19(23)13-17;1-2/h1-14,24H,15H2;1-2H3/b11-10+;. The number of anilines is 1. The second-order valence-corrected chi connectivity index (χ2v) is 7.65. The molecule has 0 fully saturated rings. The van der Waals surface area contributed by atoms with Crippen LogP contribution in [0.25, 0.3) is 6.08 Å². The second kappa shape index (κ2) is 12.3. The largest absolute Gasteiger partial charge is 0.489 e. The first-order valence-electron chi connectivity index (χ1n) is 9.17. The summed E-state index contributed by atoms with van der Waals surface area (Å²) in [4.78, 5) is 0. The molecule has 1 atom stereocenters. The lowest BCUT2D eigenvalue weighted by molar-refractivity contribution is 0.306. The monoisotopic (exact) mass is 447 g/mol. The van der Waals surface area contributed by atoms with Gasteiger partial charge < -0.3 is 9.46 Å². The maximum atomic E-state index is 12.2. The fraction of sp³-hybridized carbons (Fsp3) is 0.130. The van der Waals surface area contributed by atoms with E-state index in [9.17, 15) is 4.21 Å². The van der Waals surface area contributed by atoms with Gasteiger partial charge in [0.25, 0.3) is 0 Å². The van der Waals surface area contributed by atoms with Crippen molar-refractivity contribution in [2.75, 3.05) is 4.72 Å². The van der Waals surface area contributed by atoms with Crippen LogP contribution >= 0.6 is 23.2 Å². The molecule has 3 rings (SSSR count). The minimum absolute atomic E-state index is 0.405. The number of hydrogen-bond donors (Lipinski definition) is 1. The van der Waals surface area contributed by atoms with Crippen LogP contribution in [0.4, 0.5) is 5.69 Å². The van der Waals surface area contributed by atoms with E-state index in [4.69, 9.17) is 27.9 Å². The fourth-order valence-corrected chi connectivity index (χ4v) is 3.46. The van der Waals surface area contributed by atoms with Crippen LogP contribution in [0.1, 0.15) is 25.0 Å². The molecule has 0 aromatic heterocycles. The zero-order chi connectivity index (χ0) is 21.1. The molecule has 3 aromatic rings. The molecule has 3 aromatic carbocycles. The summed E-state index contributed by atoms with van der Waals surface area (Å²) in [6, 6.07) is 22.2. The van der Waals surface area contributed by atoms with Crippen LogP contribution in [0.5, 0.6) is 5.75 Å². The number of benzene rings is 3. The van der Waals surface area contributed by atoms with Crippen LogP contribution in [0, 0.1) is 0 Å². The number of nitrogens with one attached hydrogen (secondary N) is 1. The third-order valence-corrected chi connectivity index (χ3v) is 4.87. The molecule has 0 amide bonds. The summed E-state index contributed by atoms with van der Waals surface area (Å²) >= 11 is 11.9. The molecule has 0 aliphatic rings. The average Bonchev–Trinajstić information content (AvgIpc) is 2.73. The normalized spacial score (nSPS) is 11.4. The van der Waals surface area contributed by atoms with Gasteiger partial charge in [-0.1, -0.05) is 67.4 Å². The van der Waals surface area contributed by atoms with E-state index in [1.54, 1.807) is 29.7 Å². The summed E-state index contributed by atoms with van der Waals surface area (Å²) < 4.78 is 20.9. The highest BCUT2D eigenvalue weighted by atomic mass is 35.5. The Kier molecular flexibility index (Phi) is 9.78. The van der Waals surface area contributed by atoms with Crippen LogP contribution in [-0.2, 0) is 17.6 Å². The van der Waals surface area contributed by atoms with Crippen LogP contribution in [0.15, 0.2) is 78.2 Å². The Morgan fingerprint density at radius 3 is 2.34 bits per heavy atom. The summed E-state index contributed by atoms with van der Waals surface area (Å²) in [5.74, 6) is 0.677. The molecule has 1 N–H and O–H groups in total. The molecule has 3 nitrogen and oxygen atoms in total. The van der Waals surface area contributed by atoms with Crippen molar-refractivity contribution in [2.45, 2.75) is 20.5 Å². The molecule has 29 heavy (non-hydrogen) atoms. The van der Waals surface area contributed by atoms with Crippen molar-refractivity contribution in [1.29, 1.82) is 0 Å². The molecule has 152 valence electrons. The van der Waals surface area contributed by atoms with Gasteiger partial charge in [-0.25, -0.2) is 4.21 Å². The maximum absolute atomic E-state index is 12.2. The highest BCUT2D eigenvalue weighted by Gasteiger charge is 2.01. The fourth-order valence-electron chi connectivity index (χ4n) is 2.34. The Morgan fingerprint density at radius 2 is 1.62 bits per heavy atom. The van der Waals surface area contributed by atoms with Gasteiger partial charge >= 0.3 is 0 Å². The first kappa shape index (κ1) is 23.0. The van der Waals surface area contributed by atoms with E-state index >= 15 is 0 Å². The molecule has 0 saturated heterocycles. The minimum atomic E-state index is -1.38. The van der Waals surface area contributed by atoms with Crippen molar-refractivity contribution in [3.8, 4) is 5.75 Å². The van der Waals surface area contributed by atoms with Crippen molar-refractivity contribution in [1.82, 2.24) is 0 Å². The maximum Gasteiger partial charge on any atom is 0.142 e.